The molecule has 0 fully saturated rings. The average Bonchev–Trinajstić information content (AvgIpc) is 2.53. The van der Waals surface area contributed by atoms with E-state index in [0.717, 1.165) is 17.5 Å². The van der Waals surface area contributed by atoms with Crippen molar-refractivity contribution in [3.8, 4) is 12.3 Å². The quantitative estimate of drug-likeness (QED) is 0.666. The topological polar surface area (TPSA) is 29.1 Å². The van der Waals surface area contributed by atoms with E-state index in [4.69, 9.17) is 6.42 Å². The third kappa shape index (κ3) is 4.36. The first-order valence-corrected chi connectivity index (χ1v) is 6.86. The minimum Gasteiger partial charge on any atom is -0.322 e. The van der Waals surface area contributed by atoms with Crippen molar-refractivity contribution in [2.75, 3.05) is 5.32 Å². The van der Waals surface area contributed by atoms with Crippen LogP contribution in [0.5, 0.6) is 0 Å². The number of carbonyl (C=O) groups is 1. The second-order valence-corrected chi connectivity index (χ2v) is 4.64. The first-order valence-electron chi connectivity index (χ1n) is 6.86. The maximum Gasteiger partial charge on any atom is 0.248 e. The van der Waals surface area contributed by atoms with Crippen LogP contribution in [0.2, 0.25) is 0 Å². The Balaban J connectivity index is 2.00. The van der Waals surface area contributed by atoms with Crippen LogP contribution >= 0.6 is 0 Å². The summed E-state index contributed by atoms with van der Waals surface area (Å²) in [5, 5.41) is 2.79. The maximum atomic E-state index is 11.9. The second kappa shape index (κ2) is 7.12. The summed E-state index contributed by atoms with van der Waals surface area (Å²) in [6, 6.07) is 15.3. The lowest BCUT2D eigenvalue weighted by Crippen LogP contribution is -2.07. The Hall–Kier alpha value is -2.79. The molecule has 0 aliphatic rings. The van der Waals surface area contributed by atoms with E-state index < -0.39 is 0 Å². The Morgan fingerprint density at radius 1 is 1.24 bits per heavy atom. The van der Waals surface area contributed by atoms with Crippen LogP contribution in [-0.4, -0.2) is 5.91 Å². The van der Waals surface area contributed by atoms with Crippen LogP contribution in [0.4, 0.5) is 5.69 Å². The second-order valence-electron chi connectivity index (χ2n) is 4.64. The molecule has 0 unspecified atom stereocenters. The number of hydrogen-bond acceptors (Lipinski definition) is 1. The summed E-state index contributed by atoms with van der Waals surface area (Å²) in [5.41, 5.74) is 3.72. The van der Waals surface area contributed by atoms with Crippen LogP contribution in [0.3, 0.4) is 0 Å². The first kappa shape index (κ1) is 14.6. The van der Waals surface area contributed by atoms with E-state index in [1.54, 1.807) is 12.1 Å². The molecule has 0 saturated carbocycles. The number of benzene rings is 2. The van der Waals surface area contributed by atoms with E-state index in [1.165, 1.54) is 11.6 Å². The molecule has 0 radical (unpaired) electrons. The lowest BCUT2D eigenvalue weighted by atomic mass is 10.1. The highest BCUT2D eigenvalue weighted by Crippen LogP contribution is 2.10. The molecule has 2 aromatic carbocycles. The van der Waals surface area contributed by atoms with E-state index in [0.29, 0.717) is 5.69 Å². The number of rotatable bonds is 4. The van der Waals surface area contributed by atoms with Crippen molar-refractivity contribution < 1.29 is 4.79 Å². The van der Waals surface area contributed by atoms with Gasteiger partial charge in [0.05, 0.1) is 0 Å². The fourth-order valence-electron chi connectivity index (χ4n) is 1.91. The Morgan fingerprint density at radius 2 is 2.00 bits per heavy atom. The molecule has 0 aliphatic carbocycles. The summed E-state index contributed by atoms with van der Waals surface area (Å²) in [5.74, 6) is 2.36. The van der Waals surface area contributed by atoms with Crippen molar-refractivity contribution in [2.24, 2.45) is 0 Å². The highest BCUT2D eigenvalue weighted by atomic mass is 16.1. The smallest absolute Gasteiger partial charge is 0.248 e. The minimum atomic E-state index is -0.177. The Labute approximate surface area is 125 Å². The molecule has 0 saturated heterocycles. The van der Waals surface area contributed by atoms with Crippen LogP contribution in [-0.2, 0) is 11.2 Å². The zero-order chi connectivity index (χ0) is 15.1. The fraction of sp³-hybridized carbons (Fsp3) is 0.105. The molecule has 2 heteroatoms. The van der Waals surface area contributed by atoms with Gasteiger partial charge in [0.25, 0.3) is 0 Å². The molecule has 2 aromatic rings. The molecular weight excluding hydrogens is 258 g/mol. The predicted octanol–water partition coefficient (Wildman–Crippen LogP) is 3.88. The van der Waals surface area contributed by atoms with E-state index in [2.05, 4.69) is 30.3 Å². The summed E-state index contributed by atoms with van der Waals surface area (Å²) in [7, 11) is 0. The monoisotopic (exact) mass is 275 g/mol. The average molecular weight is 275 g/mol. The predicted molar refractivity (Wildman–Crippen MR) is 87.9 cm³/mol. The molecule has 0 spiro atoms. The zero-order valence-corrected chi connectivity index (χ0v) is 12.0. The molecule has 1 N–H and O–H groups in total. The Bertz CT molecular complexity index is 690. The number of terminal acetylenes is 1. The molecule has 21 heavy (non-hydrogen) atoms. The van der Waals surface area contributed by atoms with E-state index in [-0.39, 0.29) is 5.91 Å². The maximum absolute atomic E-state index is 11.9. The summed E-state index contributed by atoms with van der Waals surface area (Å²) in [4.78, 5) is 11.9. The SMILES string of the molecule is C#Cc1cccc(NC(=O)/C=C/c2ccc(CC)cc2)c1. The van der Waals surface area contributed by atoms with Gasteiger partial charge in [-0.1, -0.05) is 43.2 Å². The normalized spacial score (nSPS) is 10.3. The Kier molecular flexibility index (Phi) is 4.95. The summed E-state index contributed by atoms with van der Waals surface area (Å²) in [6.07, 6.45) is 9.65. The summed E-state index contributed by atoms with van der Waals surface area (Å²) >= 11 is 0. The number of amides is 1. The van der Waals surface area contributed by atoms with Crippen molar-refractivity contribution in [1.29, 1.82) is 0 Å². The van der Waals surface area contributed by atoms with Crippen molar-refractivity contribution in [3.05, 3.63) is 71.3 Å². The number of carbonyl (C=O) groups excluding carboxylic acids is 1. The van der Waals surface area contributed by atoms with Gasteiger partial charge in [-0.25, -0.2) is 0 Å². The molecule has 2 rings (SSSR count). The van der Waals surface area contributed by atoms with Gasteiger partial charge in [-0.15, -0.1) is 6.42 Å². The standard InChI is InChI=1S/C19H17NO/c1-3-15-8-10-17(11-9-15)12-13-19(21)20-18-7-5-6-16(4-2)14-18/h2,5-14H,3H2,1H3,(H,20,21)/b13-12+. The van der Waals surface area contributed by atoms with Gasteiger partial charge in [-0.05, 0) is 41.8 Å². The lowest BCUT2D eigenvalue weighted by molar-refractivity contribution is -0.111. The highest BCUT2D eigenvalue weighted by molar-refractivity contribution is 6.02. The summed E-state index contributed by atoms with van der Waals surface area (Å²) < 4.78 is 0. The van der Waals surface area contributed by atoms with Crippen molar-refractivity contribution in [1.82, 2.24) is 0 Å². The number of nitrogens with one attached hydrogen (secondary N) is 1. The van der Waals surface area contributed by atoms with E-state index >= 15 is 0 Å². The summed E-state index contributed by atoms with van der Waals surface area (Å²) in [6.45, 7) is 2.11. The number of hydrogen-bond donors (Lipinski definition) is 1. The van der Waals surface area contributed by atoms with Crippen molar-refractivity contribution in [3.63, 3.8) is 0 Å². The molecule has 0 bridgehead atoms. The highest BCUT2D eigenvalue weighted by Gasteiger charge is 1.98. The van der Waals surface area contributed by atoms with Gasteiger partial charge in [-0.3, -0.25) is 4.79 Å². The van der Waals surface area contributed by atoms with Crippen LogP contribution < -0.4 is 5.32 Å². The first-order chi connectivity index (χ1) is 10.2. The van der Waals surface area contributed by atoms with Crippen LogP contribution in [0.25, 0.3) is 6.08 Å². The fourth-order valence-corrected chi connectivity index (χ4v) is 1.91. The van der Waals surface area contributed by atoms with Gasteiger partial charge < -0.3 is 5.32 Å². The van der Waals surface area contributed by atoms with E-state index in [1.807, 2.05) is 30.3 Å². The van der Waals surface area contributed by atoms with Gasteiger partial charge in [0.1, 0.15) is 0 Å². The van der Waals surface area contributed by atoms with Crippen molar-refractivity contribution >= 4 is 17.7 Å². The largest absolute Gasteiger partial charge is 0.322 e. The zero-order valence-electron chi connectivity index (χ0n) is 12.0. The third-order valence-corrected chi connectivity index (χ3v) is 3.11. The van der Waals surface area contributed by atoms with Crippen LogP contribution in [0, 0.1) is 12.3 Å². The minimum absolute atomic E-state index is 0.177. The van der Waals surface area contributed by atoms with Crippen molar-refractivity contribution in [2.45, 2.75) is 13.3 Å². The molecule has 1 amide bonds. The van der Waals surface area contributed by atoms with Gasteiger partial charge in [0, 0.05) is 17.3 Å². The molecule has 2 nitrogen and oxygen atoms in total. The molecule has 0 heterocycles. The van der Waals surface area contributed by atoms with Gasteiger partial charge in [0.2, 0.25) is 5.91 Å². The lowest BCUT2D eigenvalue weighted by Gasteiger charge is -2.02. The molecular formula is C19H17NO. The van der Waals surface area contributed by atoms with Gasteiger partial charge in [0.15, 0.2) is 0 Å². The number of anilines is 1. The molecule has 0 atom stereocenters. The Morgan fingerprint density at radius 3 is 2.67 bits per heavy atom. The van der Waals surface area contributed by atoms with Crippen LogP contribution in [0.15, 0.2) is 54.6 Å². The third-order valence-electron chi connectivity index (χ3n) is 3.11. The number of aryl methyl sites for hydroxylation is 1. The molecule has 0 aromatic heterocycles. The molecule has 0 aliphatic heterocycles. The van der Waals surface area contributed by atoms with Gasteiger partial charge in [-0.2, -0.15) is 0 Å². The van der Waals surface area contributed by atoms with E-state index in [9.17, 15) is 4.79 Å². The molecule has 104 valence electrons. The van der Waals surface area contributed by atoms with Crippen LogP contribution in [0.1, 0.15) is 23.6 Å². The van der Waals surface area contributed by atoms with Gasteiger partial charge >= 0.3 is 0 Å².